The lowest BCUT2D eigenvalue weighted by Crippen LogP contribution is -2.48. The predicted octanol–water partition coefficient (Wildman–Crippen LogP) is 6.55. The molecule has 3 fully saturated rings. The van der Waals surface area contributed by atoms with E-state index in [0.29, 0.717) is 42.2 Å². The highest BCUT2D eigenvalue weighted by atomic mass is 32.2. The highest BCUT2D eigenvalue weighted by Crippen LogP contribution is 2.58. The number of hydrogen-bond donors (Lipinski definition) is 1. The minimum Gasteiger partial charge on any atom is -0.494 e. The standard InChI is InChI=1S/C42H55F2N3O9S/c1-7-26-18-25(2)12-8-9-13-27-21-42(27,39(51)46-57(52,53)41(5)16-17-41)22-33(48)32-19-28(55-36-30-15-11-10-14-29(30)34(54-6)23-45-36)24-47(32)37(50)31(26)20-35(49)56-40(3,4)38(43)44/h9-11,13-15,23,25-28,31-32,38H,7-8,12,16-22,24H2,1-6H3,(H,46,51)/b13-9-/t25-,26-,27-,28-,31+,32+,42-/m1/s1/i5D3. The minimum absolute atomic E-state index is 0.0297. The first-order chi connectivity index (χ1) is 28.1. The Labute approximate surface area is 337 Å². The zero-order valence-corrected chi connectivity index (χ0v) is 33.9. The van der Waals surface area contributed by atoms with Crippen molar-refractivity contribution in [2.75, 3.05) is 13.7 Å². The van der Waals surface area contributed by atoms with Gasteiger partial charge < -0.3 is 19.1 Å². The normalized spacial score (nSPS) is 30.7. The van der Waals surface area contributed by atoms with Crippen molar-refractivity contribution in [1.29, 1.82) is 0 Å². The number of ketones is 1. The fourth-order valence-corrected chi connectivity index (χ4v) is 9.65. The van der Waals surface area contributed by atoms with Crippen molar-refractivity contribution in [3.63, 3.8) is 0 Å². The topological polar surface area (TPSA) is 158 Å². The number of nitrogens with one attached hydrogen (secondary N) is 1. The number of ether oxygens (including phenoxy) is 3. The Hall–Kier alpha value is -4.14. The number of methoxy groups -OCH3 is 1. The Bertz CT molecular complexity index is 2130. The van der Waals surface area contributed by atoms with Gasteiger partial charge in [0.1, 0.15) is 11.9 Å². The maximum absolute atomic E-state index is 15.0. The molecule has 7 atom stereocenters. The van der Waals surface area contributed by atoms with Gasteiger partial charge >= 0.3 is 5.97 Å². The van der Waals surface area contributed by atoms with E-state index in [0.717, 1.165) is 13.8 Å². The largest absolute Gasteiger partial charge is 0.494 e. The minimum atomic E-state index is -4.68. The van der Waals surface area contributed by atoms with Crippen molar-refractivity contribution in [3.8, 4) is 11.6 Å². The predicted molar refractivity (Wildman–Crippen MR) is 208 cm³/mol. The summed E-state index contributed by atoms with van der Waals surface area (Å²) in [4.78, 5) is 63.1. The number of halogens is 2. The van der Waals surface area contributed by atoms with Crippen LogP contribution in [0.5, 0.6) is 11.6 Å². The number of fused-ring (bicyclic) bond motifs is 3. The van der Waals surface area contributed by atoms with E-state index in [2.05, 4.69) is 9.71 Å². The summed E-state index contributed by atoms with van der Waals surface area (Å²) < 4.78 is 95.5. The number of alkyl halides is 2. The maximum atomic E-state index is 15.0. The van der Waals surface area contributed by atoms with E-state index in [-0.39, 0.29) is 44.0 Å². The lowest BCUT2D eigenvalue weighted by Gasteiger charge is -2.34. The molecule has 312 valence electrons. The molecule has 1 aromatic heterocycles. The number of allylic oxidation sites excluding steroid dienone is 2. The first-order valence-corrected chi connectivity index (χ1v) is 21.2. The highest BCUT2D eigenvalue weighted by Gasteiger charge is 2.63. The second-order valence-electron chi connectivity index (χ2n) is 16.9. The molecule has 57 heavy (non-hydrogen) atoms. The van der Waals surface area contributed by atoms with Crippen molar-refractivity contribution in [3.05, 3.63) is 42.6 Å². The molecule has 2 aromatic rings. The van der Waals surface area contributed by atoms with Gasteiger partial charge in [-0.05, 0) is 83.0 Å². The lowest BCUT2D eigenvalue weighted by molar-refractivity contribution is -0.174. The second-order valence-corrected chi connectivity index (χ2v) is 18.9. The van der Waals surface area contributed by atoms with Gasteiger partial charge in [-0.1, -0.05) is 50.6 Å². The summed E-state index contributed by atoms with van der Waals surface area (Å²) in [6, 6.07) is 6.03. The van der Waals surface area contributed by atoms with Crippen LogP contribution in [0.1, 0.15) is 103 Å². The highest BCUT2D eigenvalue weighted by molar-refractivity contribution is 7.91. The molecular weight excluding hydrogens is 761 g/mol. The fraction of sp³-hybridized carbons (Fsp3) is 0.643. The third kappa shape index (κ3) is 8.83. The van der Waals surface area contributed by atoms with Crippen molar-refractivity contribution >= 4 is 44.4 Å². The van der Waals surface area contributed by atoms with Crippen LogP contribution in [0.25, 0.3) is 10.8 Å². The SMILES string of the molecule is [2H]C([2H])([2H])C1(S(=O)(=O)NC(=O)[C@]23CC(=O)[C@@H]4C[C@@H](Oc5ncc(OC)c6ccccc56)CN4C(=O)[C@@H](CC(=O)OC(C)(C)C(F)F)[C@H](CC)C[C@H](C)CC/C=C\[C@@H]2C3)CC1. The van der Waals surface area contributed by atoms with E-state index in [1.54, 1.807) is 18.2 Å². The molecule has 1 N–H and O–H groups in total. The van der Waals surface area contributed by atoms with E-state index >= 15 is 4.79 Å². The van der Waals surface area contributed by atoms with Crippen LogP contribution < -0.4 is 14.2 Å². The van der Waals surface area contributed by atoms with Gasteiger partial charge in [-0.15, -0.1) is 0 Å². The molecule has 2 amide bonds. The first-order valence-electron chi connectivity index (χ1n) is 21.2. The summed E-state index contributed by atoms with van der Waals surface area (Å²) >= 11 is 0. The van der Waals surface area contributed by atoms with Crippen molar-refractivity contribution in [1.82, 2.24) is 14.6 Å². The molecule has 0 unspecified atom stereocenters. The summed E-state index contributed by atoms with van der Waals surface area (Å²) in [5.74, 6) is -4.39. The van der Waals surface area contributed by atoms with Crippen LogP contribution in [-0.2, 0) is 33.9 Å². The zero-order chi connectivity index (χ0) is 44.0. The second kappa shape index (κ2) is 16.2. The number of carbonyl (C=O) groups is 4. The van der Waals surface area contributed by atoms with E-state index < -0.39 is 105 Å². The maximum Gasteiger partial charge on any atom is 0.307 e. The van der Waals surface area contributed by atoms with Crippen molar-refractivity contribution in [2.24, 2.45) is 29.1 Å². The van der Waals surface area contributed by atoms with Gasteiger partial charge in [0.2, 0.25) is 27.7 Å². The van der Waals surface area contributed by atoms with Crippen LogP contribution in [0.4, 0.5) is 8.78 Å². The van der Waals surface area contributed by atoms with Crippen molar-refractivity contribution in [2.45, 2.75) is 128 Å². The molecule has 6 rings (SSSR count). The number of benzene rings is 1. The molecule has 2 aliphatic carbocycles. The van der Waals surface area contributed by atoms with Crippen molar-refractivity contribution < 1.29 is 54.7 Å². The van der Waals surface area contributed by atoms with E-state index in [1.807, 2.05) is 32.1 Å². The Kier molecular flexibility index (Phi) is 10.9. The third-order valence-corrected chi connectivity index (χ3v) is 14.1. The molecule has 0 bridgehead atoms. The molecule has 0 spiro atoms. The van der Waals surface area contributed by atoms with E-state index in [4.69, 9.17) is 18.3 Å². The number of amides is 2. The van der Waals surface area contributed by atoms with Crippen LogP contribution in [0.15, 0.2) is 42.6 Å². The molecule has 4 aliphatic rings. The van der Waals surface area contributed by atoms with Gasteiger partial charge in [0.25, 0.3) is 6.43 Å². The van der Waals surface area contributed by atoms with Crippen LogP contribution in [0, 0.1) is 29.1 Å². The first kappa shape index (κ1) is 38.4. The lowest BCUT2D eigenvalue weighted by atomic mass is 9.79. The molecule has 1 aromatic carbocycles. The number of aromatic nitrogens is 1. The molecule has 12 nitrogen and oxygen atoms in total. The smallest absolute Gasteiger partial charge is 0.307 e. The number of esters is 1. The van der Waals surface area contributed by atoms with Crippen LogP contribution in [-0.4, -0.2) is 84.4 Å². The van der Waals surface area contributed by atoms with Gasteiger partial charge in [0.15, 0.2) is 11.4 Å². The molecular formula is C42H55F2N3O9S. The fourth-order valence-electron chi connectivity index (χ4n) is 8.37. The molecule has 15 heteroatoms. The number of hydrogen-bond acceptors (Lipinski definition) is 10. The number of carbonyl (C=O) groups excluding carboxylic acids is 4. The van der Waals surface area contributed by atoms with E-state index in [9.17, 15) is 31.6 Å². The van der Waals surface area contributed by atoms with Gasteiger partial charge in [-0.2, -0.15) is 0 Å². The Morgan fingerprint density at radius 3 is 2.53 bits per heavy atom. The van der Waals surface area contributed by atoms with Crippen LogP contribution in [0.3, 0.4) is 0 Å². The average molecular weight is 819 g/mol. The van der Waals surface area contributed by atoms with Crippen LogP contribution >= 0.6 is 0 Å². The number of Topliss-reactive ketones (excluding diaryl/α,β-unsaturated/α-hetero) is 1. The van der Waals surface area contributed by atoms with Gasteiger partial charge in [-0.25, -0.2) is 22.2 Å². The molecule has 2 saturated carbocycles. The third-order valence-electron chi connectivity index (χ3n) is 12.3. The molecule has 2 aliphatic heterocycles. The van der Waals surface area contributed by atoms with Gasteiger partial charge in [0, 0.05) is 27.7 Å². The Balaban J connectivity index is 1.37. The van der Waals surface area contributed by atoms with E-state index in [1.165, 1.54) is 18.2 Å². The summed E-state index contributed by atoms with van der Waals surface area (Å²) in [6.45, 7) is 3.04. The molecule has 1 saturated heterocycles. The monoisotopic (exact) mass is 818 g/mol. The quantitative estimate of drug-likeness (QED) is 0.195. The summed E-state index contributed by atoms with van der Waals surface area (Å²) in [5.41, 5.74) is -3.67. The number of nitrogens with zero attached hydrogens (tertiary/aromatic N) is 2. The number of rotatable bonds is 11. The van der Waals surface area contributed by atoms with Gasteiger partial charge in [-0.3, -0.25) is 23.9 Å². The summed E-state index contributed by atoms with van der Waals surface area (Å²) in [6.07, 6.45) is 2.31. The Morgan fingerprint density at radius 1 is 1.16 bits per heavy atom. The number of sulfonamides is 1. The van der Waals surface area contributed by atoms with Gasteiger partial charge in [0.05, 0.1) is 48.4 Å². The molecule has 0 radical (unpaired) electrons. The van der Waals surface area contributed by atoms with Crippen LogP contribution in [0.2, 0.25) is 0 Å². The number of pyridine rings is 1. The Morgan fingerprint density at radius 2 is 1.88 bits per heavy atom. The summed E-state index contributed by atoms with van der Waals surface area (Å²) in [5, 5.41) is 1.31. The summed E-state index contributed by atoms with van der Waals surface area (Å²) in [7, 11) is -3.18. The molecule has 3 heterocycles. The average Bonchev–Trinajstić information content (AvgIpc) is 4.09. The zero-order valence-electron chi connectivity index (χ0n) is 36.1.